The van der Waals surface area contributed by atoms with Crippen LogP contribution in [-0.2, 0) is 14.6 Å². The van der Waals surface area contributed by atoms with Gasteiger partial charge in [0, 0.05) is 18.0 Å². The highest BCUT2D eigenvalue weighted by Gasteiger charge is 2.22. The zero-order valence-electron chi connectivity index (χ0n) is 19.5. The van der Waals surface area contributed by atoms with Crippen LogP contribution in [0.3, 0.4) is 0 Å². The maximum Gasteiger partial charge on any atom is 0.228 e. The lowest BCUT2D eigenvalue weighted by atomic mass is 10.1. The first kappa shape index (κ1) is 25.6. The minimum absolute atomic E-state index is 0.0932. The second-order valence-corrected chi connectivity index (χ2v) is 12.1. The summed E-state index contributed by atoms with van der Waals surface area (Å²) in [6.45, 7) is 5.46. The van der Waals surface area contributed by atoms with E-state index in [0.717, 1.165) is 34.3 Å². The van der Waals surface area contributed by atoms with E-state index >= 15 is 0 Å². The zero-order chi connectivity index (χ0) is 24.2. The topological polar surface area (TPSA) is 70.6 Å². The highest BCUT2D eigenvalue weighted by atomic mass is 35.5. The average molecular weight is 508 g/mol. The number of nitrogens with zero attached hydrogens (tertiary/aromatic N) is 3. The van der Waals surface area contributed by atoms with E-state index in [4.69, 9.17) is 16.6 Å². The van der Waals surface area contributed by atoms with Gasteiger partial charge in [0.2, 0.25) is 5.91 Å². The number of fused-ring (bicyclic) bond motifs is 1. The number of amides is 1. The van der Waals surface area contributed by atoms with Crippen molar-refractivity contribution in [3.05, 3.63) is 52.5 Å². The van der Waals surface area contributed by atoms with Crippen LogP contribution in [0.5, 0.6) is 0 Å². The summed E-state index contributed by atoms with van der Waals surface area (Å²) in [5.74, 6) is -0.196. The number of aromatic nitrogens is 1. The molecule has 0 atom stereocenters. The van der Waals surface area contributed by atoms with Crippen molar-refractivity contribution in [2.75, 3.05) is 37.8 Å². The van der Waals surface area contributed by atoms with Gasteiger partial charge in [-0.05, 0) is 88.8 Å². The average Bonchev–Trinajstić information content (AvgIpc) is 3.15. The number of sulfone groups is 1. The summed E-state index contributed by atoms with van der Waals surface area (Å²) in [6.07, 6.45) is 1.19. The molecule has 0 aliphatic carbocycles. The normalized spacial score (nSPS) is 11.9. The van der Waals surface area contributed by atoms with Gasteiger partial charge in [0.15, 0.2) is 15.0 Å². The van der Waals surface area contributed by atoms with Gasteiger partial charge < -0.3 is 4.90 Å². The molecule has 6 nitrogen and oxygen atoms in total. The Morgan fingerprint density at radius 1 is 1.06 bits per heavy atom. The first-order valence-electron chi connectivity index (χ1n) is 10.9. The Morgan fingerprint density at radius 2 is 1.76 bits per heavy atom. The lowest BCUT2D eigenvalue weighted by molar-refractivity contribution is -0.118. The Bertz CT molecular complexity index is 1220. The number of rotatable bonds is 10. The summed E-state index contributed by atoms with van der Waals surface area (Å²) in [5.41, 5.74) is 3.16. The molecule has 9 heteroatoms. The molecule has 1 aromatic heterocycles. The van der Waals surface area contributed by atoms with Gasteiger partial charge in [-0.2, -0.15) is 0 Å². The SMILES string of the molecule is Cc1cc(C)c2nc(N(CCCN(C)C)C(=O)CCCS(=O)(=O)c3ccc(Cl)cc3)sc2c1. The smallest absolute Gasteiger partial charge is 0.228 e. The zero-order valence-corrected chi connectivity index (χ0v) is 21.9. The monoisotopic (exact) mass is 507 g/mol. The lowest BCUT2D eigenvalue weighted by Crippen LogP contribution is -2.33. The van der Waals surface area contributed by atoms with E-state index in [1.807, 2.05) is 27.9 Å². The summed E-state index contributed by atoms with van der Waals surface area (Å²) in [4.78, 5) is 22.0. The third kappa shape index (κ3) is 6.76. The quantitative estimate of drug-likeness (QED) is 0.381. The molecule has 0 aliphatic heterocycles. The standard InChI is InChI=1S/C24H30ClN3O3S2/c1-17-15-18(2)23-21(16-17)32-24(26-23)28(13-6-12-27(3)4)22(29)7-5-14-33(30,31)20-10-8-19(25)9-11-20/h8-11,15-16H,5-7,12-14H2,1-4H3. The summed E-state index contributed by atoms with van der Waals surface area (Å²) in [5, 5.41) is 1.15. The Kier molecular flexibility index (Phi) is 8.50. The van der Waals surface area contributed by atoms with Gasteiger partial charge in [0.05, 0.1) is 20.9 Å². The number of hydrogen-bond donors (Lipinski definition) is 0. The molecule has 33 heavy (non-hydrogen) atoms. The largest absolute Gasteiger partial charge is 0.309 e. The van der Waals surface area contributed by atoms with E-state index in [1.54, 1.807) is 17.0 Å². The van der Waals surface area contributed by atoms with Crippen molar-refractivity contribution in [1.29, 1.82) is 0 Å². The van der Waals surface area contributed by atoms with Crippen molar-refractivity contribution in [3.63, 3.8) is 0 Å². The van der Waals surface area contributed by atoms with Gasteiger partial charge in [-0.25, -0.2) is 13.4 Å². The van der Waals surface area contributed by atoms with E-state index in [2.05, 4.69) is 17.0 Å². The predicted molar refractivity (Wildman–Crippen MR) is 137 cm³/mol. The van der Waals surface area contributed by atoms with E-state index in [0.29, 0.717) is 16.7 Å². The molecule has 178 valence electrons. The molecule has 0 saturated carbocycles. The molecule has 0 N–H and O–H groups in total. The molecule has 3 rings (SSSR count). The molecule has 0 unspecified atom stereocenters. The predicted octanol–water partition coefficient (Wildman–Crippen LogP) is 5.11. The minimum atomic E-state index is -3.47. The molecule has 2 aromatic carbocycles. The van der Waals surface area contributed by atoms with Crippen LogP contribution in [0.4, 0.5) is 5.13 Å². The fourth-order valence-electron chi connectivity index (χ4n) is 3.65. The van der Waals surface area contributed by atoms with Crippen molar-refractivity contribution in [1.82, 2.24) is 9.88 Å². The van der Waals surface area contributed by atoms with Crippen molar-refractivity contribution < 1.29 is 13.2 Å². The van der Waals surface area contributed by atoms with E-state index in [9.17, 15) is 13.2 Å². The first-order valence-corrected chi connectivity index (χ1v) is 13.7. The van der Waals surface area contributed by atoms with Gasteiger partial charge in [0.1, 0.15) is 0 Å². The molecular formula is C24H30ClN3O3S2. The molecule has 0 fully saturated rings. The fourth-order valence-corrected chi connectivity index (χ4v) is 6.28. The molecule has 0 bridgehead atoms. The Morgan fingerprint density at radius 3 is 2.42 bits per heavy atom. The molecule has 1 heterocycles. The van der Waals surface area contributed by atoms with Crippen molar-refractivity contribution in [2.24, 2.45) is 0 Å². The third-order valence-electron chi connectivity index (χ3n) is 5.31. The second kappa shape index (κ2) is 11.0. The molecule has 0 radical (unpaired) electrons. The summed E-state index contributed by atoms with van der Waals surface area (Å²) < 4.78 is 26.3. The summed E-state index contributed by atoms with van der Waals surface area (Å²) >= 11 is 7.36. The molecular weight excluding hydrogens is 478 g/mol. The summed E-state index contributed by atoms with van der Waals surface area (Å²) in [6, 6.07) is 10.3. The van der Waals surface area contributed by atoms with Crippen LogP contribution in [0.15, 0.2) is 41.3 Å². The molecule has 1 amide bonds. The van der Waals surface area contributed by atoms with Crippen LogP contribution in [0, 0.1) is 13.8 Å². The van der Waals surface area contributed by atoms with Gasteiger partial charge in [-0.3, -0.25) is 9.69 Å². The maximum atomic E-state index is 13.2. The number of hydrogen-bond acceptors (Lipinski definition) is 6. The Balaban J connectivity index is 1.74. The van der Waals surface area contributed by atoms with Gasteiger partial charge >= 0.3 is 0 Å². The number of halogens is 1. The first-order chi connectivity index (χ1) is 15.6. The Hall–Kier alpha value is -2.00. The van der Waals surface area contributed by atoms with Crippen LogP contribution >= 0.6 is 22.9 Å². The number of aryl methyl sites for hydroxylation is 2. The van der Waals surface area contributed by atoms with Crippen LogP contribution in [0.25, 0.3) is 10.2 Å². The fraction of sp³-hybridized carbons (Fsp3) is 0.417. The molecule has 0 aliphatic rings. The van der Waals surface area contributed by atoms with E-state index < -0.39 is 9.84 Å². The summed E-state index contributed by atoms with van der Waals surface area (Å²) in [7, 11) is 0.524. The van der Waals surface area contributed by atoms with E-state index in [-0.39, 0.29) is 29.4 Å². The van der Waals surface area contributed by atoms with Crippen LogP contribution in [-0.4, -0.2) is 57.1 Å². The molecule has 0 saturated heterocycles. The van der Waals surface area contributed by atoms with Crippen molar-refractivity contribution in [2.45, 2.75) is 38.0 Å². The number of thiazole rings is 1. The lowest BCUT2D eigenvalue weighted by Gasteiger charge is -2.21. The van der Waals surface area contributed by atoms with Crippen LogP contribution in [0.2, 0.25) is 5.02 Å². The van der Waals surface area contributed by atoms with Gasteiger partial charge in [-0.15, -0.1) is 0 Å². The third-order valence-corrected chi connectivity index (χ3v) is 8.41. The molecule has 0 spiro atoms. The van der Waals surface area contributed by atoms with Crippen molar-refractivity contribution in [3.8, 4) is 0 Å². The van der Waals surface area contributed by atoms with E-state index in [1.165, 1.54) is 23.5 Å². The highest BCUT2D eigenvalue weighted by molar-refractivity contribution is 7.91. The minimum Gasteiger partial charge on any atom is -0.309 e. The molecule has 3 aromatic rings. The van der Waals surface area contributed by atoms with Gasteiger partial charge in [-0.1, -0.05) is 29.0 Å². The highest BCUT2D eigenvalue weighted by Crippen LogP contribution is 2.32. The van der Waals surface area contributed by atoms with Crippen molar-refractivity contribution >= 4 is 54.0 Å². The number of carbonyl (C=O) groups excluding carboxylic acids is 1. The number of anilines is 1. The Labute approximate surface area is 205 Å². The number of benzene rings is 2. The van der Waals surface area contributed by atoms with Gasteiger partial charge in [0.25, 0.3) is 0 Å². The second-order valence-electron chi connectivity index (χ2n) is 8.50. The number of carbonyl (C=O) groups is 1. The van der Waals surface area contributed by atoms with Crippen LogP contribution < -0.4 is 4.90 Å². The maximum absolute atomic E-state index is 13.2. The van der Waals surface area contributed by atoms with Crippen LogP contribution in [0.1, 0.15) is 30.4 Å².